The predicted octanol–water partition coefficient (Wildman–Crippen LogP) is 3.36. The summed E-state index contributed by atoms with van der Waals surface area (Å²) in [6, 6.07) is 1.19. The number of rotatable bonds is 2. The molecular weight excluding hydrogens is 191 g/mol. The second kappa shape index (κ2) is 3.98. The van der Waals surface area contributed by atoms with Crippen LogP contribution >= 0.6 is 0 Å². The summed E-state index contributed by atoms with van der Waals surface area (Å²) in [5, 5.41) is 0. The van der Waals surface area contributed by atoms with Crippen LogP contribution in [0.5, 0.6) is 0 Å². The third-order valence-corrected chi connectivity index (χ3v) is 2.04. The van der Waals surface area contributed by atoms with Crippen LogP contribution in [0.4, 0.5) is 13.2 Å². The van der Waals surface area contributed by atoms with Gasteiger partial charge in [0.2, 0.25) is 0 Å². The average Bonchev–Trinajstić information content (AvgIpc) is 2.07. The smallest absolute Gasteiger partial charge is 0.261 e. The second-order valence-electron chi connectivity index (χ2n) is 3.22. The molecule has 0 amide bonds. The first-order chi connectivity index (χ1) is 6.45. The average molecular weight is 203 g/mol. The molecule has 0 unspecified atom stereocenters. The Balaban J connectivity index is 3.06. The van der Waals surface area contributed by atoms with Crippen molar-refractivity contribution in [2.24, 2.45) is 0 Å². The fourth-order valence-electron chi connectivity index (χ4n) is 1.26. The summed E-state index contributed by atoms with van der Waals surface area (Å²) in [5.41, 5.74) is 0.703. The van der Waals surface area contributed by atoms with Gasteiger partial charge in [0.05, 0.1) is 5.56 Å². The minimum absolute atomic E-state index is 0.642. The lowest BCUT2D eigenvalue weighted by atomic mass is 10.1. The van der Waals surface area contributed by atoms with E-state index in [-0.39, 0.29) is 0 Å². The molecule has 4 heteroatoms. The number of halogens is 3. The van der Waals surface area contributed by atoms with Gasteiger partial charge in [-0.3, -0.25) is 4.98 Å². The van der Waals surface area contributed by atoms with Crippen LogP contribution in [-0.4, -0.2) is 4.98 Å². The van der Waals surface area contributed by atoms with E-state index in [1.165, 1.54) is 6.07 Å². The summed E-state index contributed by atoms with van der Waals surface area (Å²) < 4.78 is 36.9. The summed E-state index contributed by atoms with van der Waals surface area (Å²) in [7, 11) is 0. The fraction of sp³-hybridized carbons (Fsp3) is 0.500. The zero-order valence-electron chi connectivity index (χ0n) is 8.15. The van der Waals surface area contributed by atoms with E-state index < -0.39 is 11.7 Å². The van der Waals surface area contributed by atoms with E-state index in [0.29, 0.717) is 17.7 Å². The van der Waals surface area contributed by atoms with Gasteiger partial charge in [-0.2, -0.15) is 13.2 Å². The highest BCUT2D eigenvalue weighted by Gasteiger charge is 2.31. The van der Waals surface area contributed by atoms with E-state index in [9.17, 15) is 13.2 Å². The maximum atomic E-state index is 12.3. The van der Waals surface area contributed by atoms with Gasteiger partial charge in [0.15, 0.2) is 0 Å². The predicted molar refractivity (Wildman–Crippen MR) is 48.0 cm³/mol. The Hall–Kier alpha value is -1.06. The van der Waals surface area contributed by atoms with Crippen molar-refractivity contribution in [2.75, 3.05) is 0 Å². The molecule has 0 radical (unpaired) electrons. The van der Waals surface area contributed by atoms with Crippen LogP contribution in [0, 0.1) is 6.92 Å². The van der Waals surface area contributed by atoms with Crippen molar-refractivity contribution in [3.8, 4) is 0 Å². The van der Waals surface area contributed by atoms with Gasteiger partial charge in [-0.05, 0) is 25.0 Å². The standard InChI is InChI=1S/C10H12F3N/c1-3-4-8-5-9(10(11,12)13)6-14-7(8)2/h5-6H,3-4H2,1-2H3. The molecule has 0 atom stereocenters. The van der Waals surface area contributed by atoms with E-state index in [1.54, 1.807) is 6.92 Å². The maximum Gasteiger partial charge on any atom is 0.417 e. The largest absolute Gasteiger partial charge is 0.417 e. The zero-order valence-corrected chi connectivity index (χ0v) is 8.15. The third kappa shape index (κ3) is 2.47. The molecule has 0 N–H and O–H groups in total. The number of pyridine rings is 1. The number of hydrogen-bond acceptors (Lipinski definition) is 1. The van der Waals surface area contributed by atoms with Crippen molar-refractivity contribution in [2.45, 2.75) is 32.9 Å². The lowest BCUT2D eigenvalue weighted by molar-refractivity contribution is -0.137. The lowest BCUT2D eigenvalue weighted by Crippen LogP contribution is -2.07. The Bertz CT molecular complexity index is 318. The van der Waals surface area contributed by atoms with E-state index in [4.69, 9.17) is 0 Å². The molecule has 78 valence electrons. The summed E-state index contributed by atoms with van der Waals surface area (Å²) in [5.74, 6) is 0. The van der Waals surface area contributed by atoms with Gasteiger partial charge < -0.3 is 0 Å². The normalized spacial score (nSPS) is 11.8. The molecule has 1 aromatic heterocycles. The van der Waals surface area contributed by atoms with Crippen LogP contribution < -0.4 is 0 Å². The summed E-state index contributed by atoms with van der Waals surface area (Å²) >= 11 is 0. The molecule has 0 fully saturated rings. The Labute approximate surface area is 81.0 Å². The summed E-state index contributed by atoms with van der Waals surface area (Å²) in [6.45, 7) is 3.66. The third-order valence-electron chi connectivity index (χ3n) is 2.04. The summed E-state index contributed by atoms with van der Waals surface area (Å²) in [4.78, 5) is 3.74. The molecule has 0 saturated carbocycles. The van der Waals surface area contributed by atoms with E-state index in [2.05, 4.69) is 4.98 Å². The van der Waals surface area contributed by atoms with Gasteiger partial charge >= 0.3 is 6.18 Å². The van der Waals surface area contributed by atoms with Crippen LogP contribution in [0.25, 0.3) is 0 Å². The molecule has 0 aliphatic heterocycles. The van der Waals surface area contributed by atoms with Crippen molar-refractivity contribution < 1.29 is 13.2 Å². The molecule has 1 rings (SSSR count). The Kier molecular flexibility index (Phi) is 3.13. The minimum Gasteiger partial charge on any atom is -0.261 e. The van der Waals surface area contributed by atoms with Crippen molar-refractivity contribution in [1.29, 1.82) is 0 Å². The number of hydrogen-bond donors (Lipinski definition) is 0. The van der Waals surface area contributed by atoms with Crippen LogP contribution in [0.15, 0.2) is 12.3 Å². The molecule has 1 aromatic rings. The second-order valence-corrected chi connectivity index (χ2v) is 3.22. The van der Waals surface area contributed by atoms with E-state index in [0.717, 1.165) is 12.6 Å². The number of aromatic nitrogens is 1. The minimum atomic E-state index is -4.29. The Morgan fingerprint density at radius 2 is 2.00 bits per heavy atom. The number of alkyl halides is 3. The SMILES string of the molecule is CCCc1cc(C(F)(F)F)cnc1C. The van der Waals surface area contributed by atoms with Crippen molar-refractivity contribution in [3.63, 3.8) is 0 Å². The lowest BCUT2D eigenvalue weighted by Gasteiger charge is -2.09. The van der Waals surface area contributed by atoms with Crippen molar-refractivity contribution >= 4 is 0 Å². The molecule has 1 heterocycles. The summed E-state index contributed by atoms with van der Waals surface area (Å²) in [6.07, 6.45) is -1.94. The van der Waals surface area contributed by atoms with Crippen LogP contribution in [0.1, 0.15) is 30.2 Å². The first-order valence-electron chi connectivity index (χ1n) is 4.48. The highest BCUT2D eigenvalue weighted by molar-refractivity contribution is 5.26. The first-order valence-corrected chi connectivity index (χ1v) is 4.48. The van der Waals surface area contributed by atoms with Gasteiger partial charge in [-0.1, -0.05) is 13.3 Å². The molecule has 0 aromatic carbocycles. The molecule has 0 aliphatic carbocycles. The molecule has 0 saturated heterocycles. The molecule has 0 aliphatic rings. The van der Waals surface area contributed by atoms with Gasteiger partial charge in [0, 0.05) is 11.9 Å². The monoisotopic (exact) mass is 203 g/mol. The maximum absolute atomic E-state index is 12.3. The Morgan fingerprint density at radius 1 is 1.36 bits per heavy atom. The van der Waals surface area contributed by atoms with E-state index in [1.807, 2.05) is 6.92 Å². The van der Waals surface area contributed by atoms with Crippen molar-refractivity contribution in [3.05, 3.63) is 29.1 Å². The molecule has 1 nitrogen and oxygen atoms in total. The molecule has 0 spiro atoms. The molecular formula is C10H12F3N. The quantitative estimate of drug-likeness (QED) is 0.718. The number of nitrogens with zero attached hydrogens (tertiary/aromatic N) is 1. The van der Waals surface area contributed by atoms with Crippen molar-refractivity contribution in [1.82, 2.24) is 4.98 Å². The number of aryl methyl sites for hydroxylation is 2. The van der Waals surface area contributed by atoms with E-state index >= 15 is 0 Å². The first kappa shape index (κ1) is 11.0. The van der Waals surface area contributed by atoms with Crippen LogP contribution in [0.2, 0.25) is 0 Å². The van der Waals surface area contributed by atoms with Crippen LogP contribution in [-0.2, 0) is 12.6 Å². The van der Waals surface area contributed by atoms with Gasteiger partial charge in [-0.15, -0.1) is 0 Å². The zero-order chi connectivity index (χ0) is 10.8. The highest BCUT2D eigenvalue weighted by Crippen LogP contribution is 2.29. The highest BCUT2D eigenvalue weighted by atomic mass is 19.4. The Morgan fingerprint density at radius 3 is 2.50 bits per heavy atom. The van der Waals surface area contributed by atoms with Gasteiger partial charge in [0.25, 0.3) is 0 Å². The van der Waals surface area contributed by atoms with Crippen LogP contribution in [0.3, 0.4) is 0 Å². The molecule has 0 bridgehead atoms. The fourth-order valence-corrected chi connectivity index (χ4v) is 1.26. The van der Waals surface area contributed by atoms with Gasteiger partial charge in [-0.25, -0.2) is 0 Å². The molecule has 14 heavy (non-hydrogen) atoms. The van der Waals surface area contributed by atoms with Gasteiger partial charge in [0.1, 0.15) is 0 Å². The topological polar surface area (TPSA) is 12.9 Å².